The van der Waals surface area contributed by atoms with Crippen molar-refractivity contribution in [2.45, 2.75) is 79.1 Å². The summed E-state index contributed by atoms with van der Waals surface area (Å²) in [5.74, 6) is 0.411. The van der Waals surface area contributed by atoms with E-state index >= 15 is 0 Å². The topological polar surface area (TPSA) is 33.1 Å². The molecule has 0 spiro atoms. The molecular formula is C17H29NO. The van der Waals surface area contributed by atoms with Crippen molar-refractivity contribution in [1.29, 1.82) is 0 Å². The maximum atomic E-state index is 10.1. The second-order valence-electron chi connectivity index (χ2n) is 5.47. The van der Waals surface area contributed by atoms with Gasteiger partial charge in [0.15, 0.2) is 0 Å². The molecule has 1 aromatic rings. The second kappa shape index (κ2) is 8.19. The van der Waals surface area contributed by atoms with E-state index in [4.69, 9.17) is 0 Å². The van der Waals surface area contributed by atoms with Gasteiger partial charge in [0.1, 0.15) is 5.75 Å². The predicted octanol–water partition coefficient (Wildman–Crippen LogP) is 4.87. The molecule has 1 aromatic heterocycles. The molecule has 0 bridgehead atoms. The van der Waals surface area contributed by atoms with Gasteiger partial charge in [-0.15, -0.1) is 0 Å². The van der Waals surface area contributed by atoms with Crippen molar-refractivity contribution in [2.75, 3.05) is 0 Å². The van der Waals surface area contributed by atoms with Crippen LogP contribution in [0.2, 0.25) is 0 Å². The van der Waals surface area contributed by atoms with Gasteiger partial charge in [-0.3, -0.25) is 4.98 Å². The van der Waals surface area contributed by atoms with Crippen molar-refractivity contribution < 1.29 is 5.11 Å². The lowest BCUT2D eigenvalue weighted by Gasteiger charge is -2.13. The van der Waals surface area contributed by atoms with Crippen LogP contribution < -0.4 is 0 Å². The van der Waals surface area contributed by atoms with Gasteiger partial charge in [0.2, 0.25) is 0 Å². The van der Waals surface area contributed by atoms with Crippen LogP contribution in [-0.2, 0) is 12.8 Å². The highest BCUT2D eigenvalue weighted by Gasteiger charge is 2.12. The minimum Gasteiger partial charge on any atom is -0.506 e. The summed E-state index contributed by atoms with van der Waals surface area (Å²) in [6, 6.07) is 0. The van der Waals surface area contributed by atoms with Crippen LogP contribution in [0.1, 0.15) is 74.9 Å². The molecular weight excluding hydrogens is 234 g/mol. The number of rotatable bonds is 8. The maximum Gasteiger partial charge on any atom is 0.140 e. The lowest BCUT2D eigenvalue weighted by atomic mass is 9.98. The van der Waals surface area contributed by atoms with Crippen LogP contribution >= 0.6 is 0 Å². The summed E-state index contributed by atoms with van der Waals surface area (Å²) < 4.78 is 0. The average molecular weight is 263 g/mol. The van der Waals surface area contributed by atoms with Gasteiger partial charge in [-0.25, -0.2) is 0 Å². The van der Waals surface area contributed by atoms with Gasteiger partial charge in [0.05, 0.1) is 5.69 Å². The monoisotopic (exact) mass is 263 g/mol. The third-order valence-electron chi connectivity index (χ3n) is 3.94. The smallest absolute Gasteiger partial charge is 0.140 e. The first-order chi connectivity index (χ1) is 9.11. The third-order valence-corrected chi connectivity index (χ3v) is 3.94. The van der Waals surface area contributed by atoms with Gasteiger partial charge >= 0.3 is 0 Å². The van der Waals surface area contributed by atoms with E-state index in [-0.39, 0.29) is 0 Å². The van der Waals surface area contributed by atoms with Gasteiger partial charge in [-0.05, 0) is 44.2 Å². The van der Waals surface area contributed by atoms with E-state index in [2.05, 4.69) is 18.8 Å². The normalized spacial score (nSPS) is 10.9. The minimum atomic E-state index is 0.411. The Balaban J connectivity index is 2.56. The molecule has 0 aromatic carbocycles. The third kappa shape index (κ3) is 4.52. The fraction of sp³-hybridized carbons (Fsp3) is 0.706. The SMILES string of the molecule is CCCCCCCCc1c(C)nc(CC)c(O)c1C. The molecule has 1 N–H and O–H groups in total. The Bertz CT molecular complexity index is 399. The highest BCUT2D eigenvalue weighted by atomic mass is 16.3. The van der Waals surface area contributed by atoms with Crippen LogP contribution in [0.25, 0.3) is 0 Å². The van der Waals surface area contributed by atoms with Crippen LogP contribution in [0.15, 0.2) is 0 Å². The molecule has 0 saturated heterocycles. The maximum absolute atomic E-state index is 10.1. The molecule has 0 atom stereocenters. The summed E-state index contributed by atoms with van der Waals surface area (Å²) in [6.45, 7) is 8.37. The Kier molecular flexibility index (Phi) is 6.90. The molecule has 1 heterocycles. The van der Waals surface area contributed by atoms with Gasteiger partial charge in [-0.2, -0.15) is 0 Å². The molecule has 1 rings (SSSR count). The molecule has 0 saturated carbocycles. The van der Waals surface area contributed by atoms with E-state index in [0.717, 1.165) is 29.8 Å². The fourth-order valence-corrected chi connectivity index (χ4v) is 2.65. The minimum absolute atomic E-state index is 0.411. The summed E-state index contributed by atoms with van der Waals surface area (Å²) in [5.41, 5.74) is 4.23. The first-order valence-corrected chi connectivity index (χ1v) is 7.79. The van der Waals surface area contributed by atoms with Gasteiger partial charge in [0.25, 0.3) is 0 Å². The number of aromatic nitrogens is 1. The quantitative estimate of drug-likeness (QED) is 0.679. The lowest BCUT2D eigenvalue weighted by Crippen LogP contribution is -2.02. The largest absolute Gasteiger partial charge is 0.506 e. The van der Waals surface area contributed by atoms with E-state index in [1.807, 2.05) is 13.8 Å². The number of aryl methyl sites for hydroxylation is 2. The highest BCUT2D eigenvalue weighted by Crippen LogP contribution is 2.27. The standard InChI is InChI=1S/C17H29NO/c1-5-7-8-9-10-11-12-15-13(3)17(19)16(6-2)18-14(15)4/h19H,5-12H2,1-4H3. The summed E-state index contributed by atoms with van der Waals surface area (Å²) in [7, 11) is 0. The molecule has 0 amide bonds. The van der Waals surface area contributed by atoms with E-state index in [9.17, 15) is 5.11 Å². The Morgan fingerprint density at radius 3 is 2.21 bits per heavy atom. The Labute approximate surface area is 118 Å². The van der Waals surface area contributed by atoms with Crippen molar-refractivity contribution in [1.82, 2.24) is 4.98 Å². The molecule has 0 unspecified atom stereocenters. The second-order valence-corrected chi connectivity index (χ2v) is 5.47. The summed E-state index contributed by atoms with van der Waals surface area (Å²) in [4.78, 5) is 4.53. The summed E-state index contributed by atoms with van der Waals surface area (Å²) >= 11 is 0. The van der Waals surface area contributed by atoms with Crippen LogP contribution in [-0.4, -0.2) is 10.1 Å². The molecule has 0 aliphatic heterocycles. The first-order valence-electron chi connectivity index (χ1n) is 7.79. The number of unbranched alkanes of at least 4 members (excludes halogenated alkanes) is 5. The molecule has 0 aliphatic rings. The Morgan fingerprint density at radius 1 is 0.947 bits per heavy atom. The molecule has 0 fully saturated rings. The highest BCUT2D eigenvalue weighted by molar-refractivity contribution is 5.43. The van der Waals surface area contributed by atoms with Crippen molar-refractivity contribution in [3.8, 4) is 5.75 Å². The van der Waals surface area contributed by atoms with Crippen molar-refractivity contribution in [3.63, 3.8) is 0 Å². The van der Waals surface area contributed by atoms with Crippen LogP contribution in [0.4, 0.5) is 0 Å². The zero-order valence-corrected chi connectivity index (χ0v) is 13.1. The zero-order chi connectivity index (χ0) is 14.3. The van der Waals surface area contributed by atoms with Gasteiger partial charge in [-0.1, -0.05) is 46.0 Å². The average Bonchev–Trinajstić information content (AvgIpc) is 2.41. The summed E-state index contributed by atoms with van der Waals surface area (Å²) in [6.07, 6.45) is 9.68. The van der Waals surface area contributed by atoms with Crippen molar-refractivity contribution in [3.05, 3.63) is 22.5 Å². The fourth-order valence-electron chi connectivity index (χ4n) is 2.65. The van der Waals surface area contributed by atoms with E-state index < -0.39 is 0 Å². The van der Waals surface area contributed by atoms with Gasteiger partial charge in [0, 0.05) is 5.69 Å². The molecule has 2 nitrogen and oxygen atoms in total. The molecule has 0 aliphatic carbocycles. The Morgan fingerprint density at radius 2 is 1.58 bits per heavy atom. The van der Waals surface area contributed by atoms with Crippen LogP contribution in [0.5, 0.6) is 5.75 Å². The Hall–Kier alpha value is -1.05. The number of nitrogens with zero attached hydrogens (tertiary/aromatic N) is 1. The van der Waals surface area contributed by atoms with E-state index in [1.165, 1.54) is 44.1 Å². The molecule has 2 heteroatoms. The van der Waals surface area contributed by atoms with Crippen molar-refractivity contribution >= 4 is 0 Å². The van der Waals surface area contributed by atoms with E-state index in [1.54, 1.807) is 0 Å². The van der Waals surface area contributed by atoms with E-state index in [0.29, 0.717) is 5.75 Å². The first kappa shape index (κ1) is 16.0. The number of aromatic hydroxyl groups is 1. The predicted molar refractivity (Wildman–Crippen MR) is 81.8 cm³/mol. The molecule has 108 valence electrons. The van der Waals surface area contributed by atoms with Crippen LogP contribution in [0.3, 0.4) is 0 Å². The zero-order valence-electron chi connectivity index (χ0n) is 13.1. The number of hydrogen-bond donors (Lipinski definition) is 1. The lowest BCUT2D eigenvalue weighted by molar-refractivity contribution is 0.458. The molecule has 19 heavy (non-hydrogen) atoms. The van der Waals surface area contributed by atoms with Crippen LogP contribution in [0, 0.1) is 13.8 Å². The molecule has 0 radical (unpaired) electrons. The summed E-state index contributed by atoms with van der Waals surface area (Å²) in [5, 5.41) is 10.1. The van der Waals surface area contributed by atoms with Gasteiger partial charge < -0.3 is 5.11 Å². The van der Waals surface area contributed by atoms with Crippen molar-refractivity contribution in [2.24, 2.45) is 0 Å². The number of hydrogen-bond acceptors (Lipinski definition) is 2. The number of pyridine rings is 1.